The molecular formula is C13H17N5. The molecule has 5 nitrogen and oxygen atoms in total. The van der Waals surface area contributed by atoms with Crippen molar-refractivity contribution in [2.24, 2.45) is 0 Å². The van der Waals surface area contributed by atoms with Crippen molar-refractivity contribution in [1.82, 2.24) is 20.2 Å². The first-order valence-electron chi connectivity index (χ1n) is 5.79. The second-order valence-corrected chi connectivity index (χ2v) is 4.54. The Bertz CT molecular complexity index is 541. The van der Waals surface area contributed by atoms with Crippen molar-refractivity contribution in [3.05, 3.63) is 42.0 Å². The largest absolute Gasteiger partial charge is 0.338 e. The Balaban J connectivity index is 2.32. The first-order chi connectivity index (χ1) is 8.58. The highest BCUT2D eigenvalue weighted by atomic mass is 15.6. The van der Waals surface area contributed by atoms with Crippen molar-refractivity contribution in [1.29, 1.82) is 0 Å². The molecule has 0 aliphatic rings. The lowest BCUT2D eigenvalue weighted by Gasteiger charge is -2.17. The van der Waals surface area contributed by atoms with Crippen LogP contribution in [0.4, 0.5) is 5.95 Å². The summed E-state index contributed by atoms with van der Waals surface area (Å²) in [6.07, 6.45) is 0. The Labute approximate surface area is 107 Å². The molecule has 2 aromatic rings. The molecule has 0 fully saturated rings. The number of benzene rings is 1. The van der Waals surface area contributed by atoms with Gasteiger partial charge < -0.3 is 4.90 Å². The quantitative estimate of drug-likeness (QED) is 0.770. The van der Waals surface area contributed by atoms with Gasteiger partial charge in [-0.05, 0) is 36.4 Å². The van der Waals surface area contributed by atoms with E-state index in [1.54, 1.807) is 4.68 Å². The summed E-state index contributed by atoms with van der Waals surface area (Å²) in [4.78, 5) is 1.97. The minimum atomic E-state index is 0.710. The predicted molar refractivity (Wildman–Crippen MR) is 72.0 cm³/mol. The Morgan fingerprint density at radius 2 is 2.00 bits per heavy atom. The van der Waals surface area contributed by atoms with Crippen LogP contribution >= 0.6 is 0 Å². The van der Waals surface area contributed by atoms with Crippen LogP contribution in [0.3, 0.4) is 0 Å². The fraction of sp³-hybridized carbons (Fsp3) is 0.308. The van der Waals surface area contributed by atoms with E-state index in [2.05, 4.69) is 29.0 Å². The van der Waals surface area contributed by atoms with E-state index in [-0.39, 0.29) is 0 Å². The van der Waals surface area contributed by atoms with E-state index in [0.29, 0.717) is 5.95 Å². The first-order valence-corrected chi connectivity index (χ1v) is 5.79. The van der Waals surface area contributed by atoms with Crippen molar-refractivity contribution in [3.8, 4) is 5.69 Å². The van der Waals surface area contributed by atoms with E-state index in [1.165, 1.54) is 5.56 Å². The van der Waals surface area contributed by atoms with E-state index in [1.807, 2.05) is 43.1 Å². The van der Waals surface area contributed by atoms with E-state index in [0.717, 1.165) is 17.8 Å². The van der Waals surface area contributed by atoms with E-state index in [4.69, 9.17) is 0 Å². The Morgan fingerprint density at radius 1 is 1.33 bits per heavy atom. The van der Waals surface area contributed by atoms with Gasteiger partial charge in [-0.1, -0.05) is 34.9 Å². The van der Waals surface area contributed by atoms with Crippen molar-refractivity contribution in [3.63, 3.8) is 0 Å². The molecule has 0 radical (unpaired) electrons. The van der Waals surface area contributed by atoms with Crippen LogP contribution in [0.5, 0.6) is 0 Å². The van der Waals surface area contributed by atoms with Crippen LogP contribution in [0.15, 0.2) is 36.4 Å². The lowest BCUT2D eigenvalue weighted by molar-refractivity contribution is 0.778. The summed E-state index contributed by atoms with van der Waals surface area (Å²) in [5, 5.41) is 11.8. The van der Waals surface area contributed by atoms with Gasteiger partial charge in [-0.2, -0.15) is 4.68 Å². The molecule has 94 valence electrons. The second-order valence-electron chi connectivity index (χ2n) is 4.54. The number of rotatable bonds is 4. The molecule has 0 saturated heterocycles. The Kier molecular flexibility index (Phi) is 3.41. The van der Waals surface area contributed by atoms with Gasteiger partial charge in [0.05, 0.1) is 5.69 Å². The minimum Gasteiger partial charge on any atom is -0.338 e. The zero-order valence-electron chi connectivity index (χ0n) is 11.0. The van der Waals surface area contributed by atoms with Crippen molar-refractivity contribution in [2.75, 3.05) is 18.5 Å². The molecule has 0 saturated carbocycles. The van der Waals surface area contributed by atoms with E-state index >= 15 is 0 Å². The molecule has 0 bridgehead atoms. The van der Waals surface area contributed by atoms with E-state index in [9.17, 15) is 0 Å². The van der Waals surface area contributed by atoms with Gasteiger partial charge >= 0.3 is 0 Å². The molecule has 0 aliphatic heterocycles. The molecule has 1 aromatic carbocycles. The highest BCUT2D eigenvalue weighted by Gasteiger charge is 2.12. The molecule has 1 aromatic heterocycles. The molecule has 18 heavy (non-hydrogen) atoms. The van der Waals surface area contributed by atoms with E-state index < -0.39 is 0 Å². The molecule has 0 N–H and O–H groups in total. The Hall–Kier alpha value is -2.17. The topological polar surface area (TPSA) is 46.8 Å². The van der Waals surface area contributed by atoms with Crippen molar-refractivity contribution >= 4 is 5.95 Å². The number of aryl methyl sites for hydroxylation is 1. The van der Waals surface area contributed by atoms with Gasteiger partial charge in [0, 0.05) is 13.6 Å². The summed E-state index contributed by atoms with van der Waals surface area (Å²) in [7, 11) is 1.95. The lowest BCUT2D eigenvalue weighted by atomic mass is 10.2. The zero-order chi connectivity index (χ0) is 13.1. The number of tetrazole rings is 1. The van der Waals surface area contributed by atoms with Gasteiger partial charge in [0.2, 0.25) is 5.95 Å². The average Bonchev–Trinajstić information content (AvgIpc) is 2.78. The van der Waals surface area contributed by atoms with Gasteiger partial charge in [-0.3, -0.25) is 0 Å². The third kappa shape index (κ3) is 2.56. The highest BCUT2D eigenvalue weighted by molar-refractivity contribution is 5.41. The first kappa shape index (κ1) is 12.3. The van der Waals surface area contributed by atoms with Crippen LogP contribution in [0.1, 0.15) is 12.5 Å². The number of nitrogens with zero attached hydrogens (tertiary/aromatic N) is 5. The molecule has 0 aliphatic carbocycles. The van der Waals surface area contributed by atoms with Crippen LogP contribution in [-0.2, 0) is 0 Å². The fourth-order valence-electron chi connectivity index (χ4n) is 1.75. The highest BCUT2D eigenvalue weighted by Crippen LogP contribution is 2.15. The molecule has 5 heteroatoms. The molecule has 0 amide bonds. The van der Waals surface area contributed by atoms with Crippen molar-refractivity contribution < 1.29 is 0 Å². The van der Waals surface area contributed by atoms with Crippen LogP contribution in [0.2, 0.25) is 0 Å². The molecule has 2 rings (SSSR count). The lowest BCUT2D eigenvalue weighted by Crippen LogP contribution is -2.23. The van der Waals surface area contributed by atoms with Crippen LogP contribution in [0.25, 0.3) is 5.69 Å². The van der Waals surface area contributed by atoms with Crippen LogP contribution in [-0.4, -0.2) is 33.8 Å². The summed E-state index contributed by atoms with van der Waals surface area (Å²) in [5.74, 6) is 0.710. The van der Waals surface area contributed by atoms with Gasteiger partial charge in [-0.15, -0.1) is 0 Å². The van der Waals surface area contributed by atoms with Gasteiger partial charge in [-0.25, -0.2) is 0 Å². The number of hydrogen-bond acceptors (Lipinski definition) is 4. The molecule has 0 unspecified atom stereocenters. The SMILES string of the molecule is C=C(C)CN(C)c1nnnn1-c1ccc(C)cc1. The number of hydrogen-bond donors (Lipinski definition) is 0. The predicted octanol–water partition coefficient (Wildman–Crippen LogP) is 1.98. The maximum Gasteiger partial charge on any atom is 0.250 e. The smallest absolute Gasteiger partial charge is 0.250 e. The van der Waals surface area contributed by atoms with Gasteiger partial charge in [0.25, 0.3) is 0 Å². The fourth-order valence-corrected chi connectivity index (χ4v) is 1.75. The van der Waals surface area contributed by atoms with Gasteiger partial charge in [0.15, 0.2) is 0 Å². The summed E-state index contributed by atoms with van der Waals surface area (Å²) >= 11 is 0. The second kappa shape index (κ2) is 5.00. The zero-order valence-corrected chi connectivity index (χ0v) is 11.0. The standard InChI is InChI=1S/C13H17N5/c1-10(2)9-17(4)13-14-15-16-18(13)12-7-5-11(3)6-8-12/h5-8H,1,9H2,2-4H3. The van der Waals surface area contributed by atoms with Crippen molar-refractivity contribution in [2.45, 2.75) is 13.8 Å². The monoisotopic (exact) mass is 243 g/mol. The Morgan fingerprint density at radius 3 is 2.61 bits per heavy atom. The third-order valence-electron chi connectivity index (χ3n) is 2.58. The summed E-state index contributed by atoms with van der Waals surface area (Å²) < 4.78 is 1.72. The van der Waals surface area contributed by atoms with Crippen LogP contribution < -0.4 is 4.90 Å². The molecule has 0 spiro atoms. The molecule has 0 atom stereocenters. The summed E-state index contributed by atoms with van der Waals surface area (Å²) in [5.41, 5.74) is 3.23. The number of aromatic nitrogens is 4. The molecule has 1 heterocycles. The van der Waals surface area contributed by atoms with Gasteiger partial charge in [0.1, 0.15) is 0 Å². The maximum atomic E-state index is 4.05. The third-order valence-corrected chi connectivity index (χ3v) is 2.58. The summed E-state index contributed by atoms with van der Waals surface area (Å²) in [6.45, 7) is 8.66. The van der Waals surface area contributed by atoms with Crippen LogP contribution in [0, 0.1) is 6.92 Å². The normalized spacial score (nSPS) is 10.4. The number of likely N-dealkylation sites (N-methyl/N-ethyl adjacent to an activating group) is 1. The summed E-state index contributed by atoms with van der Waals surface area (Å²) in [6, 6.07) is 8.09. The minimum absolute atomic E-state index is 0.710. The maximum absolute atomic E-state index is 4.05. The average molecular weight is 243 g/mol. The number of anilines is 1. The molecular weight excluding hydrogens is 226 g/mol.